The highest BCUT2D eigenvalue weighted by Crippen LogP contribution is 2.23. The van der Waals surface area contributed by atoms with Crippen molar-refractivity contribution in [3.8, 4) is 0 Å². The van der Waals surface area contributed by atoms with Crippen LogP contribution in [0.5, 0.6) is 0 Å². The van der Waals surface area contributed by atoms with Crippen LogP contribution in [0, 0.1) is 5.92 Å². The Kier molecular flexibility index (Phi) is 7.56. The number of benzene rings is 1. The summed E-state index contributed by atoms with van der Waals surface area (Å²) in [6.07, 6.45) is 2.95. The molecule has 2 N–H and O–H groups in total. The lowest BCUT2D eigenvalue weighted by Gasteiger charge is -2.30. The molecule has 1 aliphatic rings. The Balaban J connectivity index is 0.00000264. The topological polar surface area (TPSA) is 41.1 Å². The van der Waals surface area contributed by atoms with Gasteiger partial charge in [0.2, 0.25) is 5.91 Å². The minimum atomic E-state index is -0.0412. The Hall–Kier alpha value is -1.06. The lowest BCUT2D eigenvalue weighted by molar-refractivity contribution is -0.126. The van der Waals surface area contributed by atoms with Gasteiger partial charge in [-0.3, -0.25) is 4.79 Å². The van der Waals surface area contributed by atoms with Gasteiger partial charge in [0.15, 0.2) is 0 Å². The first-order chi connectivity index (χ1) is 10.4. The summed E-state index contributed by atoms with van der Waals surface area (Å²) in [5, 5.41) is 6.57. The molecule has 23 heavy (non-hydrogen) atoms. The maximum Gasteiger partial charge on any atom is 0.223 e. The Morgan fingerprint density at radius 1 is 1.30 bits per heavy atom. The first-order valence-corrected chi connectivity index (χ1v) is 8.53. The molecule has 0 radical (unpaired) electrons. The number of carbonyl (C=O) groups excluding carboxylic acids is 1. The molecular weight excluding hydrogens is 308 g/mol. The number of aryl methyl sites for hydroxylation is 1. The van der Waals surface area contributed by atoms with E-state index in [0.29, 0.717) is 12.6 Å². The molecule has 0 unspecified atom stereocenters. The Morgan fingerprint density at radius 2 is 1.96 bits per heavy atom. The van der Waals surface area contributed by atoms with Crippen LogP contribution in [0.4, 0.5) is 0 Å². The summed E-state index contributed by atoms with van der Waals surface area (Å²) < 4.78 is 0. The lowest BCUT2D eigenvalue weighted by atomic mass is 9.83. The predicted molar refractivity (Wildman–Crippen MR) is 99.3 cm³/mol. The molecule has 0 bridgehead atoms. The third-order valence-corrected chi connectivity index (χ3v) is 4.84. The van der Waals surface area contributed by atoms with Gasteiger partial charge in [0.25, 0.3) is 0 Å². The molecule has 4 heteroatoms. The van der Waals surface area contributed by atoms with Gasteiger partial charge in [0.1, 0.15) is 0 Å². The molecule has 1 fully saturated rings. The molecule has 0 aromatic heterocycles. The van der Waals surface area contributed by atoms with E-state index in [-0.39, 0.29) is 29.6 Å². The van der Waals surface area contributed by atoms with E-state index in [2.05, 4.69) is 62.6 Å². The van der Waals surface area contributed by atoms with Crippen LogP contribution in [0.1, 0.15) is 51.7 Å². The summed E-state index contributed by atoms with van der Waals surface area (Å²) in [6, 6.07) is 9.20. The molecule has 3 nitrogen and oxygen atoms in total. The Labute approximate surface area is 147 Å². The van der Waals surface area contributed by atoms with Crippen molar-refractivity contribution in [1.82, 2.24) is 10.6 Å². The van der Waals surface area contributed by atoms with Crippen LogP contribution in [0.2, 0.25) is 0 Å². The van der Waals surface area contributed by atoms with Gasteiger partial charge in [0, 0.05) is 23.9 Å². The van der Waals surface area contributed by atoms with Gasteiger partial charge in [-0.05, 0) is 43.9 Å². The van der Waals surface area contributed by atoms with E-state index in [4.69, 9.17) is 0 Å². The molecule has 0 saturated carbocycles. The second-order valence-electron chi connectivity index (χ2n) is 7.23. The van der Waals surface area contributed by atoms with Gasteiger partial charge in [-0.1, -0.05) is 45.0 Å². The van der Waals surface area contributed by atoms with Crippen molar-refractivity contribution in [3.05, 3.63) is 35.4 Å². The number of nitrogens with one attached hydrogen (secondary N) is 2. The molecule has 1 aliphatic heterocycles. The van der Waals surface area contributed by atoms with E-state index in [0.717, 1.165) is 25.8 Å². The van der Waals surface area contributed by atoms with Crippen molar-refractivity contribution in [2.45, 2.75) is 58.4 Å². The third-order valence-electron chi connectivity index (χ3n) is 4.84. The summed E-state index contributed by atoms with van der Waals surface area (Å²) in [7, 11) is 0. The van der Waals surface area contributed by atoms with Crippen LogP contribution in [0.15, 0.2) is 24.3 Å². The van der Waals surface area contributed by atoms with Gasteiger partial charge in [-0.25, -0.2) is 0 Å². The smallest absolute Gasteiger partial charge is 0.223 e. The molecule has 1 amide bonds. The predicted octanol–water partition coefficient (Wildman–Crippen LogP) is 3.45. The van der Waals surface area contributed by atoms with Crippen molar-refractivity contribution in [3.63, 3.8) is 0 Å². The van der Waals surface area contributed by atoms with Crippen molar-refractivity contribution in [2.75, 3.05) is 13.1 Å². The molecule has 0 spiro atoms. The molecule has 1 aromatic carbocycles. The number of halogens is 1. The fraction of sp³-hybridized carbons (Fsp3) is 0.632. The SMILES string of the molecule is CCc1ccc(C(C)(C)CNC(=O)[C@H]2CCN[C@@H](C)C2)cc1.Cl. The first kappa shape index (κ1) is 20.0. The molecule has 1 aromatic rings. The zero-order valence-electron chi connectivity index (χ0n) is 14.8. The quantitative estimate of drug-likeness (QED) is 0.863. The number of carbonyl (C=O) groups is 1. The zero-order valence-corrected chi connectivity index (χ0v) is 15.6. The molecule has 130 valence electrons. The second-order valence-corrected chi connectivity index (χ2v) is 7.23. The Morgan fingerprint density at radius 3 is 2.52 bits per heavy atom. The third kappa shape index (κ3) is 5.50. The molecule has 1 saturated heterocycles. The summed E-state index contributed by atoms with van der Waals surface area (Å²) in [5.41, 5.74) is 2.59. The van der Waals surface area contributed by atoms with E-state index in [1.54, 1.807) is 0 Å². The van der Waals surface area contributed by atoms with E-state index in [1.165, 1.54) is 11.1 Å². The number of hydrogen-bond donors (Lipinski definition) is 2. The summed E-state index contributed by atoms with van der Waals surface area (Å²) >= 11 is 0. The largest absolute Gasteiger partial charge is 0.355 e. The molecule has 2 rings (SSSR count). The van der Waals surface area contributed by atoms with Crippen LogP contribution in [0.3, 0.4) is 0 Å². The maximum atomic E-state index is 12.4. The summed E-state index contributed by atoms with van der Waals surface area (Å²) in [6.45, 7) is 10.3. The molecular formula is C19H31ClN2O. The molecule has 2 atom stereocenters. The number of rotatable bonds is 5. The van der Waals surface area contributed by atoms with Crippen LogP contribution in [-0.4, -0.2) is 25.0 Å². The summed E-state index contributed by atoms with van der Waals surface area (Å²) in [5.74, 6) is 0.376. The molecule has 0 aliphatic carbocycles. The molecule has 1 heterocycles. The number of piperidine rings is 1. The fourth-order valence-corrected chi connectivity index (χ4v) is 3.12. The van der Waals surface area contributed by atoms with Crippen molar-refractivity contribution in [2.24, 2.45) is 5.92 Å². The van der Waals surface area contributed by atoms with Crippen molar-refractivity contribution < 1.29 is 4.79 Å². The van der Waals surface area contributed by atoms with Crippen LogP contribution >= 0.6 is 12.4 Å². The number of amides is 1. The van der Waals surface area contributed by atoms with Crippen LogP contribution in [-0.2, 0) is 16.6 Å². The second kappa shape index (κ2) is 8.70. The zero-order chi connectivity index (χ0) is 16.2. The monoisotopic (exact) mass is 338 g/mol. The van der Waals surface area contributed by atoms with Gasteiger partial charge < -0.3 is 10.6 Å². The maximum absolute atomic E-state index is 12.4. The van der Waals surface area contributed by atoms with Crippen molar-refractivity contribution in [1.29, 1.82) is 0 Å². The van der Waals surface area contributed by atoms with E-state index < -0.39 is 0 Å². The summed E-state index contributed by atoms with van der Waals surface area (Å²) in [4.78, 5) is 12.4. The standard InChI is InChI=1S/C19H30N2O.ClH/c1-5-15-6-8-17(9-7-15)19(3,4)13-21-18(22)16-10-11-20-14(2)12-16;/h6-9,14,16,20H,5,10-13H2,1-4H3,(H,21,22);1H/t14-,16-;/m0./s1. The van der Waals surface area contributed by atoms with E-state index >= 15 is 0 Å². The average molecular weight is 339 g/mol. The van der Waals surface area contributed by atoms with E-state index in [9.17, 15) is 4.79 Å². The Bertz CT molecular complexity index is 499. The van der Waals surface area contributed by atoms with Crippen LogP contribution < -0.4 is 10.6 Å². The highest BCUT2D eigenvalue weighted by Gasteiger charge is 2.27. The normalized spacial score (nSPS) is 21.4. The number of hydrogen-bond acceptors (Lipinski definition) is 2. The highest BCUT2D eigenvalue weighted by molar-refractivity contribution is 5.85. The minimum Gasteiger partial charge on any atom is -0.355 e. The van der Waals surface area contributed by atoms with Crippen LogP contribution in [0.25, 0.3) is 0 Å². The van der Waals surface area contributed by atoms with Gasteiger partial charge >= 0.3 is 0 Å². The van der Waals surface area contributed by atoms with Gasteiger partial charge in [-0.2, -0.15) is 0 Å². The minimum absolute atomic E-state index is 0. The average Bonchev–Trinajstić information content (AvgIpc) is 2.52. The lowest BCUT2D eigenvalue weighted by Crippen LogP contribution is -2.45. The highest BCUT2D eigenvalue weighted by atomic mass is 35.5. The first-order valence-electron chi connectivity index (χ1n) is 8.53. The fourth-order valence-electron chi connectivity index (χ4n) is 3.12. The van der Waals surface area contributed by atoms with Gasteiger partial charge in [-0.15, -0.1) is 12.4 Å². The van der Waals surface area contributed by atoms with Crippen molar-refractivity contribution >= 4 is 18.3 Å². The van der Waals surface area contributed by atoms with Gasteiger partial charge in [0.05, 0.1) is 0 Å². The van der Waals surface area contributed by atoms with E-state index in [1.807, 2.05) is 0 Å².